The Hall–Kier alpha value is 0.922. The van der Waals surface area contributed by atoms with Crippen LogP contribution in [0.15, 0.2) is 0 Å². The van der Waals surface area contributed by atoms with Gasteiger partial charge < -0.3 is 0 Å². The summed E-state index contributed by atoms with van der Waals surface area (Å²) in [6.45, 7) is 4.61. The fraction of sp³-hybridized carbons (Fsp3) is 1.00. The summed E-state index contributed by atoms with van der Waals surface area (Å²) >= 11 is 0.00522. The third kappa shape index (κ3) is 6.92. The van der Waals surface area contributed by atoms with Crippen molar-refractivity contribution >= 4 is 24.2 Å². The molecule has 0 atom stereocenters. The van der Waals surface area contributed by atoms with Crippen molar-refractivity contribution in [2.45, 2.75) is 34.6 Å². The zero-order chi connectivity index (χ0) is 5.54. The van der Waals surface area contributed by atoms with Crippen LogP contribution < -0.4 is 0 Å². The van der Waals surface area contributed by atoms with Gasteiger partial charge in [-0.15, -0.1) is 0 Å². The average Bonchev–Trinajstić information content (AvgIpc) is 1.69. The van der Waals surface area contributed by atoms with Gasteiger partial charge in [-0.3, -0.25) is 0 Å². The van der Waals surface area contributed by atoms with E-state index < -0.39 is 0 Å². The van der Waals surface area contributed by atoms with Crippen LogP contribution >= 0.6 is 0 Å². The molecule has 0 amide bonds. The first kappa shape index (κ1) is 7.92. The standard InChI is InChI=1S/C4H9.C2H5.Pb/c1-3-4-2;1-2;/h1,3-4H2,2H3;1H2,2H3;. The van der Waals surface area contributed by atoms with Gasteiger partial charge in [-0.25, -0.2) is 0 Å². The molecule has 0 aliphatic heterocycles. The van der Waals surface area contributed by atoms with Gasteiger partial charge in [-0.05, 0) is 0 Å². The molecule has 0 N–H and O–H groups in total. The number of hydrogen-bond acceptors (Lipinski definition) is 0. The quantitative estimate of drug-likeness (QED) is 0.551. The molecule has 0 rings (SSSR count). The van der Waals surface area contributed by atoms with Crippen LogP contribution in [0, 0.1) is 0 Å². The molecule has 0 spiro atoms. The van der Waals surface area contributed by atoms with Crippen LogP contribution in [-0.4, -0.2) is 24.2 Å². The third-order valence-corrected chi connectivity index (χ3v) is 5.65. The van der Waals surface area contributed by atoms with E-state index >= 15 is 0 Å². The molecule has 0 aliphatic carbocycles. The van der Waals surface area contributed by atoms with Gasteiger partial charge in [0.1, 0.15) is 0 Å². The maximum atomic E-state index is 2.33. The zero-order valence-corrected chi connectivity index (χ0v) is 9.22. The Morgan fingerprint density at radius 2 is 2.00 bits per heavy atom. The Balaban J connectivity index is 2.45. The zero-order valence-electron chi connectivity index (χ0n) is 5.33. The molecule has 0 saturated heterocycles. The molecule has 42 valence electrons. The van der Waals surface area contributed by atoms with E-state index in [1.807, 2.05) is 0 Å². The number of rotatable bonds is 4. The van der Waals surface area contributed by atoms with Crippen LogP contribution in [0.4, 0.5) is 0 Å². The van der Waals surface area contributed by atoms with E-state index in [9.17, 15) is 0 Å². The fourth-order valence-electron chi connectivity index (χ4n) is 0.479. The predicted molar refractivity (Wildman–Crippen MR) is 35.9 cm³/mol. The van der Waals surface area contributed by atoms with E-state index in [2.05, 4.69) is 13.8 Å². The van der Waals surface area contributed by atoms with Gasteiger partial charge >= 0.3 is 58.9 Å². The van der Waals surface area contributed by atoms with Crippen molar-refractivity contribution in [2.75, 3.05) is 0 Å². The summed E-state index contributed by atoms with van der Waals surface area (Å²) in [5, 5.41) is 0. The molecule has 2 radical (unpaired) electrons. The Labute approximate surface area is 58.9 Å². The Morgan fingerprint density at radius 1 is 1.29 bits per heavy atom. The van der Waals surface area contributed by atoms with Crippen molar-refractivity contribution in [3.63, 3.8) is 0 Å². The van der Waals surface area contributed by atoms with Gasteiger partial charge in [-0.1, -0.05) is 0 Å². The van der Waals surface area contributed by atoms with E-state index in [1.54, 1.807) is 7.96 Å². The van der Waals surface area contributed by atoms with E-state index in [0.29, 0.717) is 0 Å². The molecule has 1 heteroatoms. The first-order valence-corrected chi connectivity index (χ1v) is 8.62. The third-order valence-electron chi connectivity index (χ3n) is 0.957. The van der Waals surface area contributed by atoms with Crippen molar-refractivity contribution in [1.82, 2.24) is 0 Å². The van der Waals surface area contributed by atoms with Crippen molar-refractivity contribution in [3.05, 3.63) is 0 Å². The average molecular weight is 293 g/mol. The Kier molecular flexibility index (Phi) is 7.83. The van der Waals surface area contributed by atoms with Crippen molar-refractivity contribution in [3.8, 4) is 0 Å². The summed E-state index contributed by atoms with van der Waals surface area (Å²) < 4.78 is 3.19. The van der Waals surface area contributed by atoms with Gasteiger partial charge in [0.15, 0.2) is 0 Å². The molecule has 0 bridgehead atoms. The summed E-state index contributed by atoms with van der Waals surface area (Å²) in [7, 11) is 0. The maximum absolute atomic E-state index is 2.33. The summed E-state index contributed by atoms with van der Waals surface area (Å²) in [5.41, 5.74) is 0. The van der Waals surface area contributed by atoms with Crippen LogP contribution in [0.25, 0.3) is 0 Å². The summed E-state index contributed by atoms with van der Waals surface area (Å²) in [4.78, 5) is 0. The molecule has 7 heavy (non-hydrogen) atoms. The molecule has 0 fully saturated rings. The summed E-state index contributed by atoms with van der Waals surface area (Å²) in [6, 6.07) is 0. The Bertz CT molecular complexity index is 23.4. The molecule has 0 aromatic heterocycles. The predicted octanol–water partition coefficient (Wildman–Crippen LogP) is 2.35. The van der Waals surface area contributed by atoms with Gasteiger partial charge in [0, 0.05) is 0 Å². The minimum absolute atomic E-state index is 0.00522. The van der Waals surface area contributed by atoms with Gasteiger partial charge in [0.2, 0.25) is 0 Å². The van der Waals surface area contributed by atoms with Crippen LogP contribution in [0.3, 0.4) is 0 Å². The molecule has 0 nitrogen and oxygen atoms in total. The van der Waals surface area contributed by atoms with E-state index in [-0.39, 0.29) is 24.2 Å². The van der Waals surface area contributed by atoms with Gasteiger partial charge in [0.05, 0.1) is 0 Å². The normalized spacial score (nSPS) is 9.43. The fourth-order valence-corrected chi connectivity index (χ4v) is 4.20. The van der Waals surface area contributed by atoms with Crippen LogP contribution in [0.2, 0.25) is 7.96 Å². The van der Waals surface area contributed by atoms with E-state index in [1.165, 1.54) is 12.8 Å². The number of hydrogen-bond donors (Lipinski definition) is 0. The first-order chi connectivity index (χ1) is 3.41. The second-order valence-corrected chi connectivity index (χ2v) is 8.34. The molecule has 0 aromatic carbocycles. The second kappa shape index (κ2) is 6.92. The van der Waals surface area contributed by atoms with E-state index in [0.717, 1.165) is 0 Å². The van der Waals surface area contributed by atoms with Crippen molar-refractivity contribution < 1.29 is 0 Å². The molecule has 0 aliphatic rings. The number of unbranched alkanes of at least 4 members (excludes halogenated alkanes) is 1. The van der Waals surface area contributed by atoms with Crippen LogP contribution in [0.5, 0.6) is 0 Å². The van der Waals surface area contributed by atoms with Gasteiger partial charge in [-0.2, -0.15) is 0 Å². The first-order valence-electron chi connectivity index (χ1n) is 3.12. The molecule has 0 saturated carbocycles. The topological polar surface area (TPSA) is 0 Å². The summed E-state index contributed by atoms with van der Waals surface area (Å²) in [5.74, 6) is 0. The van der Waals surface area contributed by atoms with Crippen molar-refractivity contribution in [1.29, 1.82) is 0 Å². The van der Waals surface area contributed by atoms with Crippen molar-refractivity contribution in [2.24, 2.45) is 0 Å². The molecule has 0 heterocycles. The van der Waals surface area contributed by atoms with Crippen LogP contribution in [0.1, 0.15) is 26.7 Å². The molecule has 0 aromatic rings. The molecular formula is C6H14Pb. The van der Waals surface area contributed by atoms with Crippen LogP contribution in [-0.2, 0) is 0 Å². The molecule has 0 unspecified atom stereocenters. The van der Waals surface area contributed by atoms with E-state index in [4.69, 9.17) is 0 Å². The Morgan fingerprint density at radius 3 is 2.43 bits per heavy atom. The monoisotopic (exact) mass is 294 g/mol. The second-order valence-electron chi connectivity index (χ2n) is 1.71. The minimum atomic E-state index is 0.00522. The van der Waals surface area contributed by atoms with Gasteiger partial charge in [0.25, 0.3) is 0 Å². The SMILES string of the molecule is CCC[CH2][Pb][CH2]C. The summed E-state index contributed by atoms with van der Waals surface area (Å²) in [6.07, 6.45) is 2.92. The molecular weight excluding hydrogens is 279 g/mol.